The Balaban J connectivity index is 1.45. The van der Waals surface area contributed by atoms with Gasteiger partial charge in [0.2, 0.25) is 6.17 Å². The second-order valence-corrected chi connectivity index (χ2v) is 11.8. The summed E-state index contributed by atoms with van der Waals surface area (Å²) in [4.78, 5) is 53.5. The average molecular weight is 567 g/mol. The molecule has 1 atom stereocenters. The fraction of sp³-hybridized carbons (Fsp3) is 0.364. The molecule has 0 aliphatic carbocycles. The molecule has 9 heteroatoms. The van der Waals surface area contributed by atoms with Gasteiger partial charge in [-0.25, -0.2) is 9.79 Å². The summed E-state index contributed by atoms with van der Waals surface area (Å²) in [5.41, 5.74) is 3.22. The number of aliphatic imine (C=N–C) groups is 1. The normalized spacial score (nSPS) is 17.5. The first kappa shape index (κ1) is 29.0. The summed E-state index contributed by atoms with van der Waals surface area (Å²) in [5, 5.41) is 5.64. The summed E-state index contributed by atoms with van der Waals surface area (Å²) in [5.74, 6) is -0.611. The lowest BCUT2D eigenvalue weighted by atomic mass is 9.90. The van der Waals surface area contributed by atoms with Crippen molar-refractivity contribution >= 4 is 40.5 Å². The molecular formula is C33H38N6O3. The van der Waals surface area contributed by atoms with E-state index in [4.69, 9.17) is 4.99 Å². The van der Waals surface area contributed by atoms with Gasteiger partial charge >= 0.3 is 6.03 Å². The number of hydrogen-bond donors (Lipinski definition) is 2. The molecule has 1 saturated heterocycles. The van der Waals surface area contributed by atoms with Crippen molar-refractivity contribution in [3.05, 3.63) is 84.2 Å². The Labute approximate surface area is 247 Å². The Hall–Kier alpha value is -4.53. The molecule has 3 heterocycles. The number of nitrogens with zero attached hydrogens (tertiary/aromatic N) is 4. The summed E-state index contributed by atoms with van der Waals surface area (Å²) in [6, 6.07) is 19.9. The van der Waals surface area contributed by atoms with Crippen LogP contribution in [-0.2, 0) is 9.59 Å². The maximum absolute atomic E-state index is 14.0. The summed E-state index contributed by atoms with van der Waals surface area (Å²) in [7, 11) is 0. The van der Waals surface area contributed by atoms with Gasteiger partial charge in [0.15, 0.2) is 5.78 Å². The third-order valence-corrected chi connectivity index (χ3v) is 7.60. The second-order valence-electron chi connectivity index (χ2n) is 11.8. The predicted molar refractivity (Wildman–Crippen MR) is 166 cm³/mol. The Bertz CT molecular complexity index is 1470. The van der Waals surface area contributed by atoms with E-state index in [1.165, 1.54) is 17.7 Å². The lowest BCUT2D eigenvalue weighted by molar-refractivity contribution is -0.127. The lowest BCUT2D eigenvalue weighted by Gasteiger charge is -2.28. The number of carbonyl (C=O) groups excluding carboxylic acids is 3. The number of carbonyl (C=O) groups is 3. The van der Waals surface area contributed by atoms with Gasteiger partial charge in [-0.1, -0.05) is 63.9 Å². The Morgan fingerprint density at radius 1 is 0.929 bits per heavy atom. The molecule has 0 radical (unpaired) electrons. The van der Waals surface area contributed by atoms with E-state index in [0.717, 1.165) is 31.6 Å². The van der Waals surface area contributed by atoms with Crippen LogP contribution >= 0.6 is 0 Å². The highest BCUT2D eigenvalue weighted by molar-refractivity contribution is 6.20. The fourth-order valence-corrected chi connectivity index (χ4v) is 5.17. The number of aromatic nitrogens is 1. The van der Waals surface area contributed by atoms with Crippen molar-refractivity contribution in [3.63, 3.8) is 0 Å². The van der Waals surface area contributed by atoms with Gasteiger partial charge in [0.1, 0.15) is 0 Å². The highest BCUT2D eigenvalue weighted by Gasteiger charge is 2.36. The van der Waals surface area contributed by atoms with Gasteiger partial charge in [-0.15, -0.1) is 0 Å². The minimum absolute atomic E-state index is 0.111. The molecule has 42 heavy (non-hydrogen) atoms. The predicted octanol–water partition coefficient (Wildman–Crippen LogP) is 5.41. The van der Waals surface area contributed by atoms with Crippen LogP contribution in [0, 0.1) is 5.41 Å². The van der Waals surface area contributed by atoms with Crippen LogP contribution < -0.4 is 20.4 Å². The number of nitrogens with one attached hydrogen (secondary N) is 2. The van der Waals surface area contributed by atoms with Gasteiger partial charge in [0.05, 0.1) is 23.6 Å². The molecule has 1 unspecified atom stereocenters. The summed E-state index contributed by atoms with van der Waals surface area (Å²) < 4.78 is 0. The zero-order valence-electron chi connectivity index (χ0n) is 24.5. The van der Waals surface area contributed by atoms with E-state index < -0.39 is 23.5 Å². The first-order chi connectivity index (χ1) is 20.2. The van der Waals surface area contributed by atoms with E-state index in [1.807, 2.05) is 75.4 Å². The highest BCUT2D eigenvalue weighted by Crippen LogP contribution is 2.29. The number of benzene rings is 2. The van der Waals surface area contributed by atoms with Gasteiger partial charge in [-0.2, -0.15) is 0 Å². The fourth-order valence-electron chi connectivity index (χ4n) is 5.17. The molecule has 1 aromatic heterocycles. The van der Waals surface area contributed by atoms with Gasteiger partial charge in [-0.3, -0.25) is 14.6 Å². The summed E-state index contributed by atoms with van der Waals surface area (Å²) in [6.07, 6.45) is 5.13. The van der Waals surface area contributed by atoms with Crippen LogP contribution in [0.25, 0.3) is 0 Å². The number of pyridine rings is 1. The van der Waals surface area contributed by atoms with Gasteiger partial charge in [0.25, 0.3) is 5.91 Å². The number of amides is 3. The molecule has 0 spiro atoms. The molecule has 3 aromatic rings. The van der Waals surface area contributed by atoms with Crippen LogP contribution in [0.3, 0.4) is 0 Å². The zero-order chi connectivity index (χ0) is 29.7. The third-order valence-electron chi connectivity index (χ3n) is 7.60. The van der Waals surface area contributed by atoms with Crippen molar-refractivity contribution in [1.82, 2.24) is 10.3 Å². The molecule has 2 N–H and O–H groups in total. The molecule has 0 bridgehead atoms. The molecule has 2 aromatic carbocycles. The molecule has 9 nitrogen and oxygen atoms in total. The van der Waals surface area contributed by atoms with E-state index in [9.17, 15) is 14.4 Å². The van der Waals surface area contributed by atoms with Crippen molar-refractivity contribution < 1.29 is 14.4 Å². The number of fused-ring (bicyclic) bond motifs is 1. The average Bonchev–Trinajstić information content (AvgIpc) is 3.32. The monoisotopic (exact) mass is 566 g/mol. The molecule has 2 aliphatic heterocycles. The van der Waals surface area contributed by atoms with Crippen LogP contribution in [-0.4, -0.2) is 54.2 Å². The summed E-state index contributed by atoms with van der Waals surface area (Å²) in [6.45, 7) is 7.29. The first-order valence-corrected chi connectivity index (χ1v) is 14.6. The van der Waals surface area contributed by atoms with E-state index in [0.29, 0.717) is 28.3 Å². The number of benzodiazepines with no additional fused rings is 1. The van der Waals surface area contributed by atoms with E-state index >= 15 is 0 Å². The number of anilines is 3. The highest BCUT2D eigenvalue weighted by atomic mass is 16.2. The molecule has 218 valence electrons. The second kappa shape index (κ2) is 12.5. The molecule has 2 aliphatic rings. The van der Waals surface area contributed by atoms with Crippen molar-refractivity contribution in [2.24, 2.45) is 10.4 Å². The Morgan fingerprint density at radius 3 is 2.38 bits per heavy atom. The van der Waals surface area contributed by atoms with Crippen LogP contribution in [0.2, 0.25) is 0 Å². The van der Waals surface area contributed by atoms with Crippen molar-refractivity contribution in [1.29, 1.82) is 0 Å². The van der Waals surface area contributed by atoms with Crippen molar-refractivity contribution in [2.45, 2.75) is 52.6 Å². The molecule has 5 rings (SSSR count). The molecule has 3 amide bonds. The van der Waals surface area contributed by atoms with E-state index in [2.05, 4.69) is 20.5 Å². The first-order valence-electron chi connectivity index (χ1n) is 14.6. The molecular weight excluding hydrogens is 528 g/mol. The SMILES string of the molecule is CC(C)(C)C(=O)CN1C(=O)C(NC(=O)Nc2cccc(N3CCCCCC3)c2)N=C(c2ccccn2)c2ccccc21. The van der Waals surface area contributed by atoms with Crippen molar-refractivity contribution in [2.75, 3.05) is 34.8 Å². The number of hydrogen-bond acceptors (Lipinski definition) is 6. The standard InChI is InChI=1S/C33H38N6O3/c1-33(2,3)28(40)22-39-27-17-7-6-15-25(27)29(26-16-8-9-18-34-26)36-30(31(39)41)37-32(42)35-23-13-12-14-24(21-23)38-19-10-4-5-11-20-38/h6-9,12-18,21,30H,4-5,10-11,19-20,22H2,1-3H3,(H2,35,37,42). The topological polar surface area (TPSA) is 107 Å². The third kappa shape index (κ3) is 6.67. The molecule has 1 fully saturated rings. The van der Waals surface area contributed by atoms with E-state index in [1.54, 1.807) is 18.3 Å². The van der Waals surface area contributed by atoms with Gasteiger partial charge in [0, 0.05) is 41.6 Å². The lowest BCUT2D eigenvalue weighted by Crippen LogP contribution is -2.50. The number of Topliss-reactive ketones (excluding diaryl/α,β-unsaturated/α-hetero) is 1. The van der Waals surface area contributed by atoms with Crippen molar-refractivity contribution in [3.8, 4) is 0 Å². The van der Waals surface area contributed by atoms with E-state index in [-0.39, 0.29) is 12.3 Å². The number of para-hydroxylation sites is 1. The summed E-state index contributed by atoms with van der Waals surface area (Å²) >= 11 is 0. The number of ketones is 1. The number of urea groups is 1. The van der Waals surface area contributed by atoms with Crippen LogP contribution in [0.15, 0.2) is 77.9 Å². The van der Waals surface area contributed by atoms with Crippen LogP contribution in [0.4, 0.5) is 21.9 Å². The molecule has 0 saturated carbocycles. The van der Waals surface area contributed by atoms with Crippen LogP contribution in [0.1, 0.15) is 57.7 Å². The smallest absolute Gasteiger partial charge is 0.321 e. The maximum atomic E-state index is 14.0. The minimum atomic E-state index is -1.28. The Kier molecular flexibility index (Phi) is 8.66. The quantitative estimate of drug-likeness (QED) is 0.415. The number of rotatable bonds is 6. The van der Waals surface area contributed by atoms with Gasteiger partial charge in [-0.05, 0) is 49.2 Å². The minimum Gasteiger partial charge on any atom is -0.371 e. The maximum Gasteiger partial charge on any atom is 0.321 e. The van der Waals surface area contributed by atoms with Crippen LogP contribution in [0.5, 0.6) is 0 Å². The Morgan fingerprint density at radius 2 is 1.67 bits per heavy atom. The largest absolute Gasteiger partial charge is 0.371 e. The zero-order valence-corrected chi connectivity index (χ0v) is 24.5. The van der Waals surface area contributed by atoms with Gasteiger partial charge < -0.3 is 20.4 Å².